The van der Waals surface area contributed by atoms with Gasteiger partial charge in [-0.2, -0.15) is 8.78 Å². The molecule has 0 spiro atoms. The first-order chi connectivity index (χ1) is 10.3. The zero-order valence-corrected chi connectivity index (χ0v) is 12.9. The molecular weight excluding hydrogens is 314 g/mol. The highest BCUT2D eigenvalue weighted by atomic mass is 32.2. The van der Waals surface area contributed by atoms with Gasteiger partial charge in [0, 0.05) is 18.8 Å². The second-order valence-corrected chi connectivity index (χ2v) is 7.37. The fraction of sp³-hybridized carbons (Fsp3) is 0.500. The molecule has 0 bridgehead atoms. The molecule has 0 aliphatic carbocycles. The largest absolute Gasteiger partial charge is 0.341 e. The summed E-state index contributed by atoms with van der Waals surface area (Å²) in [6.45, 7) is 3.31. The van der Waals surface area contributed by atoms with E-state index in [1.807, 2.05) is 0 Å². The van der Waals surface area contributed by atoms with Gasteiger partial charge in [-0.3, -0.25) is 0 Å². The maximum Gasteiger partial charge on any atom is 0.341 e. The predicted octanol–water partition coefficient (Wildman–Crippen LogP) is 2.95. The molecule has 2 rings (SSSR count). The molecule has 1 fully saturated rings. The van der Waals surface area contributed by atoms with E-state index >= 15 is 0 Å². The number of anilines is 1. The number of amides is 2. The Balaban J connectivity index is 2.12. The van der Waals surface area contributed by atoms with Crippen LogP contribution in [0, 0.1) is 5.92 Å². The second-order valence-electron chi connectivity index (χ2n) is 5.46. The third-order valence-corrected chi connectivity index (χ3v) is 4.97. The Hall–Kier alpha value is -1.70. The van der Waals surface area contributed by atoms with Crippen LogP contribution in [-0.4, -0.2) is 38.2 Å². The van der Waals surface area contributed by atoms with Gasteiger partial charge in [0.05, 0.1) is 4.90 Å². The fourth-order valence-electron chi connectivity index (χ4n) is 2.43. The van der Waals surface area contributed by atoms with Crippen LogP contribution in [0.4, 0.5) is 19.3 Å². The van der Waals surface area contributed by atoms with Crippen molar-refractivity contribution in [3.63, 3.8) is 0 Å². The van der Waals surface area contributed by atoms with Crippen molar-refractivity contribution in [3.8, 4) is 0 Å². The van der Waals surface area contributed by atoms with Crippen LogP contribution < -0.4 is 5.32 Å². The average molecular weight is 332 g/mol. The minimum atomic E-state index is -4.67. The lowest BCUT2D eigenvalue weighted by Gasteiger charge is -2.30. The molecule has 1 aliphatic rings. The van der Waals surface area contributed by atoms with Crippen LogP contribution in [-0.2, 0) is 9.84 Å². The maximum atomic E-state index is 12.5. The van der Waals surface area contributed by atoms with E-state index in [0.29, 0.717) is 19.0 Å². The Bertz CT molecular complexity index is 649. The number of sulfone groups is 1. The van der Waals surface area contributed by atoms with E-state index in [0.717, 1.165) is 25.0 Å². The number of nitrogens with zero attached hydrogens (tertiary/aromatic N) is 1. The zero-order valence-electron chi connectivity index (χ0n) is 12.1. The van der Waals surface area contributed by atoms with E-state index in [2.05, 4.69) is 12.2 Å². The third-order valence-electron chi connectivity index (χ3n) is 3.59. The molecule has 8 heteroatoms. The van der Waals surface area contributed by atoms with E-state index in [9.17, 15) is 22.0 Å². The molecular formula is C14H18F2N2O3S. The lowest BCUT2D eigenvalue weighted by Crippen LogP contribution is -2.41. The van der Waals surface area contributed by atoms with Gasteiger partial charge in [0.2, 0.25) is 9.84 Å². The van der Waals surface area contributed by atoms with Gasteiger partial charge >= 0.3 is 11.8 Å². The van der Waals surface area contributed by atoms with Crippen molar-refractivity contribution < 1.29 is 22.0 Å². The lowest BCUT2D eigenvalue weighted by molar-refractivity contribution is 0.182. The number of hydrogen-bond acceptors (Lipinski definition) is 3. The third kappa shape index (κ3) is 3.73. The minimum absolute atomic E-state index is 0.185. The minimum Gasteiger partial charge on any atom is -0.324 e. The van der Waals surface area contributed by atoms with Crippen LogP contribution in [0.25, 0.3) is 0 Å². The van der Waals surface area contributed by atoms with Crippen LogP contribution in [0.3, 0.4) is 0 Å². The van der Waals surface area contributed by atoms with E-state index < -0.39 is 20.5 Å². The highest BCUT2D eigenvalue weighted by Gasteiger charge is 2.27. The predicted molar refractivity (Wildman–Crippen MR) is 78.6 cm³/mol. The molecule has 0 unspecified atom stereocenters. The first-order valence-electron chi connectivity index (χ1n) is 6.98. The van der Waals surface area contributed by atoms with Crippen LogP contribution in [0.1, 0.15) is 19.8 Å². The lowest BCUT2D eigenvalue weighted by atomic mass is 10.0. The van der Waals surface area contributed by atoms with Gasteiger partial charge in [-0.25, -0.2) is 13.2 Å². The van der Waals surface area contributed by atoms with Crippen molar-refractivity contribution in [3.05, 3.63) is 24.3 Å². The standard InChI is InChI=1S/C14H18F2N2O3S/c1-10-4-3-7-18(9-10)14(19)17-11-5-2-6-12(8-11)22(20,21)13(15)16/h2,5-6,8,10,13H,3-4,7,9H2,1H3,(H,17,19)/t10-/m0/s1. The van der Waals surface area contributed by atoms with Gasteiger partial charge in [-0.15, -0.1) is 0 Å². The molecule has 2 amide bonds. The summed E-state index contributed by atoms with van der Waals surface area (Å²) in [5.74, 6) is -3.08. The van der Waals surface area contributed by atoms with Gasteiger partial charge < -0.3 is 10.2 Å². The summed E-state index contributed by atoms with van der Waals surface area (Å²) < 4.78 is 48.0. The van der Waals surface area contributed by atoms with E-state index in [-0.39, 0.29) is 11.7 Å². The summed E-state index contributed by atoms with van der Waals surface area (Å²) in [7, 11) is -4.67. The Labute approximate surface area is 128 Å². The molecule has 22 heavy (non-hydrogen) atoms. The number of carbonyl (C=O) groups excluding carboxylic acids is 1. The van der Waals surface area contributed by atoms with Gasteiger partial charge in [0.15, 0.2) is 0 Å². The van der Waals surface area contributed by atoms with Crippen molar-refractivity contribution in [1.29, 1.82) is 0 Å². The number of halogens is 2. The number of likely N-dealkylation sites (tertiary alicyclic amines) is 1. The summed E-state index contributed by atoms with van der Waals surface area (Å²) in [5, 5.41) is 2.56. The van der Waals surface area contributed by atoms with E-state index in [4.69, 9.17) is 0 Å². The summed E-state index contributed by atoms with van der Waals surface area (Å²) >= 11 is 0. The van der Waals surface area contributed by atoms with Crippen LogP contribution in [0.5, 0.6) is 0 Å². The number of piperidine rings is 1. The molecule has 1 saturated heterocycles. The molecule has 1 aromatic rings. The van der Waals surface area contributed by atoms with Crippen molar-refractivity contribution in [1.82, 2.24) is 4.90 Å². The first kappa shape index (κ1) is 16.7. The summed E-state index contributed by atoms with van der Waals surface area (Å²) in [4.78, 5) is 13.3. The molecule has 1 aliphatic heterocycles. The molecule has 0 radical (unpaired) electrons. The van der Waals surface area contributed by atoms with Gasteiger partial charge in [0.1, 0.15) is 0 Å². The summed E-state index contributed by atoms with van der Waals surface area (Å²) in [6.07, 6.45) is 1.97. The monoisotopic (exact) mass is 332 g/mol. The Morgan fingerprint density at radius 2 is 2.14 bits per heavy atom. The molecule has 0 saturated carbocycles. The van der Waals surface area contributed by atoms with Crippen LogP contribution in [0.2, 0.25) is 0 Å². The highest BCUT2D eigenvalue weighted by Crippen LogP contribution is 2.22. The molecule has 1 aromatic carbocycles. The Kier molecular flexibility index (Phi) is 5.00. The van der Waals surface area contributed by atoms with Crippen molar-refractivity contribution in [2.24, 2.45) is 5.92 Å². The molecule has 1 N–H and O–H groups in total. The fourth-order valence-corrected chi connectivity index (χ4v) is 3.20. The number of nitrogens with one attached hydrogen (secondary N) is 1. The first-order valence-corrected chi connectivity index (χ1v) is 8.53. The number of carbonyl (C=O) groups is 1. The van der Waals surface area contributed by atoms with Crippen LogP contribution >= 0.6 is 0 Å². The van der Waals surface area contributed by atoms with Crippen molar-refractivity contribution in [2.45, 2.75) is 30.4 Å². The maximum absolute atomic E-state index is 12.5. The average Bonchev–Trinajstić information content (AvgIpc) is 2.47. The summed E-state index contributed by atoms with van der Waals surface area (Å²) in [6, 6.07) is 4.57. The quantitative estimate of drug-likeness (QED) is 0.925. The van der Waals surface area contributed by atoms with Crippen molar-refractivity contribution in [2.75, 3.05) is 18.4 Å². The number of alkyl halides is 2. The Morgan fingerprint density at radius 1 is 1.41 bits per heavy atom. The zero-order chi connectivity index (χ0) is 16.3. The van der Waals surface area contributed by atoms with Crippen molar-refractivity contribution >= 4 is 21.6 Å². The normalized spacial score (nSPS) is 19.3. The second kappa shape index (κ2) is 6.60. The number of hydrogen-bond donors (Lipinski definition) is 1. The molecule has 5 nitrogen and oxygen atoms in total. The number of urea groups is 1. The molecule has 1 heterocycles. The molecule has 0 aromatic heterocycles. The smallest absolute Gasteiger partial charge is 0.324 e. The van der Waals surface area contributed by atoms with Gasteiger partial charge in [-0.05, 0) is 37.0 Å². The van der Waals surface area contributed by atoms with Gasteiger partial charge in [-0.1, -0.05) is 13.0 Å². The molecule has 1 atom stereocenters. The highest BCUT2D eigenvalue weighted by molar-refractivity contribution is 7.91. The number of benzene rings is 1. The Morgan fingerprint density at radius 3 is 2.77 bits per heavy atom. The molecule has 122 valence electrons. The van der Waals surface area contributed by atoms with E-state index in [1.54, 1.807) is 4.90 Å². The number of rotatable bonds is 3. The van der Waals surface area contributed by atoms with Gasteiger partial charge in [0.25, 0.3) is 0 Å². The SMILES string of the molecule is C[C@H]1CCCN(C(=O)Nc2cccc(S(=O)(=O)C(F)F)c2)C1. The van der Waals surface area contributed by atoms with Crippen LogP contribution in [0.15, 0.2) is 29.2 Å². The topological polar surface area (TPSA) is 66.5 Å². The van der Waals surface area contributed by atoms with E-state index in [1.165, 1.54) is 12.1 Å². The summed E-state index contributed by atoms with van der Waals surface area (Å²) in [5.41, 5.74) is 0.185.